The van der Waals surface area contributed by atoms with E-state index in [0.29, 0.717) is 11.5 Å². The molecule has 1 N–H and O–H groups in total. The van der Waals surface area contributed by atoms with Crippen molar-refractivity contribution in [1.29, 1.82) is 0 Å². The van der Waals surface area contributed by atoms with Crippen LogP contribution >= 0.6 is 11.3 Å². The molecule has 1 aromatic heterocycles. The molecule has 45 heavy (non-hydrogen) atoms. The lowest BCUT2D eigenvalue weighted by Gasteiger charge is -2.09. The van der Waals surface area contributed by atoms with Crippen molar-refractivity contribution in [3.63, 3.8) is 0 Å². The number of carboxylic acid groups (broad SMARTS) is 1. The van der Waals surface area contributed by atoms with Crippen LogP contribution in [0.5, 0.6) is 34.5 Å². The first-order valence-corrected chi connectivity index (χ1v) is 15.1. The molecule has 0 aliphatic carbocycles. The first-order chi connectivity index (χ1) is 22.0. The molecule has 224 valence electrons. The Bertz CT molecular complexity index is 1770. The largest absolute Gasteiger partial charge is 0.486 e. The van der Waals surface area contributed by atoms with Crippen LogP contribution in [0.25, 0.3) is 21.7 Å². The highest BCUT2D eigenvalue weighted by molar-refractivity contribution is 7.15. The maximum atomic E-state index is 10.9. The number of nitrogens with zero attached hydrogens (tertiary/aromatic N) is 1. The van der Waals surface area contributed by atoms with E-state index in [1.54, 1.807) is 23.5 Å². The number of aliphatic carboxylic acids is 1. The van der Waals surface area contributed by atoms with Crippen molar-refractivity contribution in [2.24, 2.45) is 0 Å². The lowest BCUT2D eigenvalue weighted by molar-refractivity contribution is -0.139. The summed E-state index contributed by atoms with van der Waals surface area (Å²) in [6, 6.07) is 40.5. The Morgan fingerprint density at radius 2 is 1.20 bits per heavy atom. The molecule has 0 unspecified atom stereocenters. The maximum Gasteiger partial charge on any atom is 0.341 e. The number of aromatic nitrogens is 1. The van der Waals surface area contributed by atoms with E-state index in [4.69, 9.17) is 29.0 Å². The van der Waals surface area contributed by atoms with Gasteiger partial charge in [-0.3, -0.25) is 0 Å². The number of carboxylic acids is 1. The minimum Gasteiger partial charge on any atom is -0.486 e. The van der Waals surface area contributed by atoms with Crippen molar-refractivity contribution >= 4 is 17.3 Å². The Hall–Kier alpha value is -5.60. The van der Waals surface area contributed by atoms with E-state index in [1.165, 1.54) is 0 Å². The van der Waals surface area contributed by atoms with Gasteiger partial charge in [0.05, 0.1) is 10.6 Å². The summed E-state index contributed by atoms with van der Waals surface area (Å²) in [6.45, 7) is 1.71. The van der Waals surface area contributed by atoms with E-state index < -0.39 is 12.6 Å². The van der Waals surface area contributed by atoms with E-state index in [1.807, 2.05) is 122 Å². The first-order valence-electron chi connectivity index (χ1n) is 14.2. The van der Waals surface area contributed by atoms with Crippen molar-refractivity contribution < 1.29 is 28.8 Å². The number of carbonyl (C=O) groups is 1. The summed E-state index contributed by atoms with van der Waals surface area (Å²) in [4.78, 5) is 16.9. The Morgan fingerprint density at radius 1 is 0.667 bits per heavy atom. The zero-order valence-corrected chi connectivity index (χ0v) is 25.2. The Balaban J connectivity index is 1.24. The third-order valence-electron chi connectivity index (χ3n) is 6.73. The molecule has 6 aromatic rings. The predicted octanol–water partition coefficient (Wildman–Crippen LogP) is 9.41. The van der Waals surface area contributed by atoms with Crippen molar-refractivity contribution in [1.82, 2.24) is 4.98 Å². The summed E-state index contributed by atoms with van der Waals surface area (Å²) in [5, 5.41) is 9.70. The van der Waals surface area contributed by atoms with Gasteiger partial charge in [-0.15, -0.1) is 11.3 Å². The highest BCUT2D eigenvalue weighted by atomic mass is 32.1. The van der Waals surface area contributed by atoms with Crippen LogP contribution in [0.3, 0.4) is 0 Å². The van der Waals surface area contributed by atoms with Crippen molar-refractivity contribution in [3.05, 3.63) is 138 Å². The number of hydrogen-bond acceptors (Lipinski definition) is 7. The van der Waals surface area contributed by atoms with Gasteiger partial charge in [-0.05, 0) is 109 Å². The highest BCUT2D eigenvalue weighted by Gasteiger charge is 2.17. The number of hydrogen-bond donors (Lipinski definition) is 1. The second kappa shape index (κ2) is 13.8. The molecule has 7 nitrogen and oxygen atoms in total. The molecule has 0 aliphatic rings. The van der Waals surface area contributed by atoms with Crippen LogP contribution in [0.2, 0.25) is 0 Å². The third-order valence-corrected chi connectivity index (χ3v) is 7.81. The molecule has 0 bridgehead atoms. The zero-order chi connectivity index (χ0) is 31.0. The molecule has 0 saturated heterocycles. The summed E-state index contributed by atoms with van der Waals surface area (Å²) in [7, 11) is 0. The van der Waals surface area contributed by atoms with Crippen LogP contribution in [0.4, 0.5) is 0 Å². The number of rotatable bonds is 12. The average Bonchev–Trinajstić information content (AvgIpc) is 3.49. The van der Waals surface area contributed by atoms with Gasteiger partial charge < -0.3 is 24.1 Å². The minimum absolute atomic E-state index is 0.261. The molecule has 0 amide bonds. The van der Waals surface area contributed by atoms with E-state index in [0.717, 1.165) is 55.3 Å². The third kappa shape index (κ3) is 7.68. The van der Waals surface area contributed by atoms with Crippen LogP contribution in [0.15, 0.2) is 127 Å². The Kier molecular flexibility index (Phi) is 9.03. The molecule has 0 aliphatic heterocycles. The topological polar surface area (TPSA) is 87.1 Å². The summed E-state index contributed by atoms with van der Waals surface area (Å²) < 4.78 is 23.4. The SMILES string of the molecule is Cc1cc(OCc2nc(-c3ccc(Oc4ccccc4)cc3)c(-c3ccc(Oc4ccccc4)cc3)s2)ccc1OCC(=O)O. The van der Waals surface area contributed by atoms with Crippen LogP contribution in [-0.4, -0.2) is 22.7 Å². The van der Waals surface area contributed by atoms with Crippen molar-refractivity contribution in [3.8, 4) is 56.2 Å². The van der Waals surface area contributed by atoms with Gasteiger partial charge in [0.1, 0.15) is 46.1 Å². The number of benzene rings is 5. The molecule has 1 heterocycles. The van der Waals surface area contributed by atoms with Gasteiger partial charge in [-0.25, -0.2) is 9.78 Å². The number of aryl methyl sites for hydroxylation is 1. The second-order valence-corrected chi connectivity index (χ2v) is 11.1. The first kappa shape index (κ1) is 29.5. The highest BCUT2D eigenvalue weighted by Crippen LogP contribution is 2.39. The second-order valence-electron chi connectivity index (χ2n) is 10.1. The smallest absolute Gasteiger partial charge is 0.341 e. The van der Waals surface area contributed by atoms with Gasteiger partial charge in [-0.1, -0.05) is 36.4 Å². The van der Waals surface area contributed by atoms with E-state index in [9.17, 15) is 4.79 Å². The monoisotopic (exact) mass is 615 g/mol. The molecule has 0 saturated carbocycles. The molecular weight excluding hydrogens is 586 g/mol. The van der Waals surface area contributed by atoms with Gasteiger partial charge in [0.25, 0.3) is 0 Å². The van der Waals surface area contributed by atoms with E-state index in [-0.39, 0.29) is 6.61 Å². The fraction of sp³-hybridized carbons (Fsp3) is 0.0811. The van der Waals surface area contributed by atoms with Crippen molar-refractivity contribution in [2.45, 2.75) is 13.5 Å². The average molecular weight is 616 g/mol. The Labute approximate surface area is 264 Å². The summed E-state index contributed by atoms with van der Waals surface area (Å²) >= 11 is 1.56. The molecule has 5 aromatic carbocycles. The standard InChI is InChI=1S/C37H29NO6S/c1-25-22-32(20-21-33(25)42-24-35(39)40)41-23-34-38-36(26-12-16-30(17-13-26)43-28-8-4-2-5-9-28)37(45-34)27-14-18-31(19-15-27)44-29-10-6-3-7-11-29/h2-22H,23-24H2,1H3,(H,39,40). The number of para-hydroxylation sites is 2. The fourth-order valence-electron chi connectivity index (χ4n) is 4.58. The van der Waals surface area contributed by atoms with Crippen LogP contribution in [0.1, 0.15) is 10.6 Å². The van der Waals surface area contributed by atoms with Crippen molar-refractivity contribution in [2.75, 3.05) is 6.61 Å². The van der Waals surface area contributed by atoms with Crippen LogP contribution < -0.4 is 18.9 Å². The number of ether oxygens (including phenoxy) is 4. The Morgan fingerprint density at radius 3 is 1.76 bits per heavy atom. The fourth-order valence-corrected chi connectivity index (χ4v) is 5.58. The van der Waals surface area contributed by atoms with Crippen LogP contribution in [0, 0.1) is 6.92 Å². The molecule has 0 atom stereocenters. The van der Waals surface area contributed by atoms with Gasteiger partial charge in [0.2, 0.25) is 0 Å². The maximum absolute atomic E-state index is 10.9. The van der Waals surface area contributed by atoms with E-state index in [2.05, 4.69) is 0 Å². The van der Waals surface area contributed by atoms with Gasteiger partial charge in [-0.2, -0.15) is 0 Å². The number of thiazole rings is 1. The normalized spacial score (nSPS) is 10.7. The molecule has 6 rings (SSSR count). The minimum atomic E-state index is -1.03. The van der Waals surface area contributed by atoms with Crippen LogP contribution in [-0.2, 0) is 11.4 Å². The quantitative estimate of drug-likeness (QED) is 0.147. The lowest BCUT2D eigenvalue weighted by atomic mass is 10.1. The molecule has 0 radical (unpaired) electrons. The molecule has 0 spiro atoms. The predicted molar refractivity (Wildman–Crippen MR) is 175 cm³/mol. The molecule has 8 heteroatoms. The summed E-state index contributed by atoms with van der Waals surface area (Å²) in [5.41, 5.74) is 3.59. The molecule has 0 fully saturated rings. The molecular formula is C37H29NO6S. The van der Waals surface area contributed by atoms with E-state index >= 15 is 0 Å². The summed E-state index contributed by atoms with van der Waals surface area (Å²) in [6.07, 6.45) is 0. The van der Waals surface area contributed by atoms with Gasteiger partial charge in [0.15, 0.2) is 6.61 Å². The van der Waals surface area contributed by atoms with Gasteiger partial charge >= 0.3 is 5.97 Å². The lowest BCUT2D eigenvalue weighted by Crippen LogP contribution is -2.10. The summed E-state index contributed by atoms with van der Waals surface area (Å²) in [5.74, 6) is 3.14. The van der Waals surface area contributed by atoms with Gasteiger partial charge in [0, 0.05) is 5.56 Å². The zero-order valence-electron chi connectivity index (χ0n) is 24.4.